The zero-order chi connectivity index (χ0) is 9.80. The van der Waals surface area contributed by atoms with Crippen molar-refractivity contribution in [3.05, 3.63) is 29.8 Å². The van der Waals surface area contributed by atoms with E-state index in [4.69, 9.17) is 5.11 Å². The zero-order valence-corrected chi connectivity index (χ0v) is 8.89. The van der Waals surface area contributed by atoms with Gasteiger partial charge in [-0.3, -0.25) is 0 Å². The van der Waals surface area contributed by atoms with Crippen LogP contribution in [-0.4, -0.2) is 22.7 Å². The molecule has 0 spiro atoms. The van der Waals surface area contributed by atoms with Crippen molar-refractivity contribution in [3.63, 3.8) is 0 Å². The molecule has 1 fully saturated rings. The Bertz CT molecular complexity index is 297. The van der Waals surface area contributed by atoms with Crippen LogP contribution in [0.15, 0.2) is 24.3 Å². The third-order valence-electron chi connectivity index (χ3n) is 2.41. The molecule has 2 rings (SSSR count). The van der Waals surface area contributed by atoms with Crippen LogP contribution in [0.1, 0.15) is 12.0 Å². The van der Waals surface area contributed by atoms with E-state index >= 15 is 0 Å². The fourth-order valence-corrected chi connectivity index (χ4v) is 2.80. The molecular formula is C11H15NOS. The molecule has 0 aromatic heterocycles. The highest BCUT2D eigenvalue weighted by atomic mass is 32.2. The number of hydrogen-bond acceptors (Lipinski definition) is 3. The van der Waals surface area contributed by atoms with E-state index in [0.29, 0.717) is 6.04 Å². The number of thioether (sulfide) groups is 1. The number of benzene rings is 1. The standard InChI is InChI=1S/C11H15NOS/c13-7-9-2-1-3-10(6-9)12-11-4-5-14-8-11/h1-3,6,11-13H,4-5,7-8H2. The molecule has 3 heteroatoms. The first kappa shape index (κ1) is 9.87. The van der Waals surface area contributed by atoms with E-state index < -0.39 is 0 Å². The van der Waals surface area contributed by atoms with Crippen molar-refractivity contribution < 1.29 is 5.11 Å². The molecule has 1 atom stereocenters. The summed E-state index contributed by atoms with van der Waals surface area (Å²) in [6, 6.07) is 8.60. The van der Waals surface area contributed by atoms with Crippen LogP contribution in [0.3, 0.4) is 0 Å². The monoisotopic (exact) mass is 209 g/mol. The third-order valence-corrected chi connectivity index (χ3v) is 3.57. The van der Waals surface area contributed by atoms with Gasteiger partial charge in [0.15, 0.2) is 0 Å². The van der Waals surface area contributed by atoms with Gasteiger partial charge in [-0.05, 0) is 29.9 Å². The van der Waals surface area contributed by atoms with Gasteiger partial charge in [-0.1, -0.05) is 12.1 Å². The summed E-state index contributed by atoms with van der Waals surface area (Å²) in [6.45, 7) is 0.120. The second-order valence-corrected chi connectivity index (χ2v) is 4.71. The highest BCUT2D eigenvalue weighted by Crippen LogP contribution is 2.21. The smallest absolute Gasteiger partial charge is 0.0682 e. The minimum absolute atomic E-state index is 0.120. The molecule has 1 aliphatic heterocycles. The van der Waals surface area contributed by atoms with Crippen molar-refractivity contribution in [2.75, 3.05) is 16.8 Å². The van der Waals surface area contributed by atoms with Crippen LogP contribution in [0.4, 0.5) is 5.69 Å². The van der Waals surface area contributed by atoms with Crippen LogP contribution in [-0.2, 0) is 6.61 Å². The predicted molar refractivity (Wildman–Crippen MR) is 61.7 cm³/mol. The lowest BCUT2D eigenvalue weighted by atomic mass is 10.2. The quantitative estimate of drug-likeness (QED) is 0.799. The van der Waals surface area contributed by atoms with Crippen LogP contribution < -0.4 is 5.32 Å². The molecule has 76 valence electrons. The molecule has 1 aromatic carbocycles. The molecule has 1 heterocycles. The van der Waals surface area contributed by atoms with Gasteiger partial charge in [0.1, 0.15) is 0 Å². The van der Waals surface area contributed by atoms with Crippen LogP contribution in [0, 0.1) is 0 Å². The fraction of sp³-hybridized carbons (Fsp3) is 0.455. The molecule has 0 bridgehead atoms. The lowest BCUT2D eigenvalue weighted by Crippen LogP contribution is -2.17. The van der Waals surface area contributed by atoms with Crippen LogP contribution >= 0.6 is 11.8 Å². The Hall–Kier alpha value is -0.670. The lowest BCUT2D eigenvalue weighted by Gasteiger charge is -2.13. The summed E-state index contributed by atoms with van der Waals surface area (Å²) >= 11 is 2.00. The van der Waals surface area contributed by atoms with Gasteiger partial charge in [-0.2, -0.15) is 11.8 Å². The number of anilines is 1. The van der Waals surface area contributed by atoms with Gasteiger partial charge in [0.25, 0.3) is 0 Å². The van der Waals surface area contributed by atoms with Gasteiger partial charge in [0.2, 0.25) is 0 Å². The van der Waals surface area contributed by atoms with Gasteiger partial charge >= 0.3 is 0 Å². The summed E-state index contributed by atoms with van der Waals surface area (Å²) in [4.78, 5) is 0. The molecule has 0 radical (unpaired) electrons. The second kappa shape index (κ2) is 4.71. The van der Waals surface area contributed by atoms with E-state index in [9.17, 15) is 0 Å². The highest BCUT2D eigenvalue weighted by molar-refractivity contribution is 7.99. The Balaban J connectivity index is 2.00. The van der Waals surface area contributed by atoms with Crippen molar-refractivity contribution in [1.29, 1.82) is 0 Å². The SMILES string of the molecule is OCc1cccc(NC2CCSC2)c1. The van der Waals surface area contributed by atoms with Gasteiger partial charge in [0, 0.05) is 17.5 Å². The summed E-state index contributed by atoms with van der Waals surface area (Å²) < 4.78 is 0. The summed E-state index contributed by atoms with van der Waals surface area (Å²) in [7, 11) is 0. The van der Waals surface area contributed by atoms with E-state index in [1.165, 1.54) is 17.9 Å². The second-order valence-electron chi connectivity index (χ2n) is 3.56. The molecule has 2 N–H and O–H groups in total. The predicted octanol–water partition coefficient (Wildman–Crippen LogP) is 2.10. The van der Waals surface area contributed by atoms with E-state index in [2.05, 4.69) is 11.4 Å². The molecule has 14 heavy (non-hydrogen) atoms. The van der Waals surface area contributed by atoms with Gasteiger partial charge in [0.05, 0.1) is 6.61 Å². The summed E-state index contributed by atoms with van der Waals surface area (Å²) in [6.07, 6.45) is 1.24. The summed E-state index contributed by atoms with van der Waals surface area (Å²) in [5, 5.41) is 12.5. The maximum Gasteiger partial charge on any atom is 0.0682 e. The average molecular weight is 209 g/mol. The first-order valence-electron chi connectivity index (χ1n) is 4.92. The Kier molecular flexibility index (Phi) is 3.32. The maximum atomic E-state index is 8.99. The average Bonchev–Trinajstić information content (AvgIpc) is 2.71. The van der Waals surface area contributed by atoms with Crippen LogP contribution in [0.25, 0.3) is 0 Å². The van der Waals surface area contributed by atoms with Crippen molar-refractivity contribution >= 4 is 17.4 Å². The van der Waals surface area contributed by atoms with Crippen LogP contribution in [0.2, 0.25) is 0 Å². The topological polar surface area (TPSA) is 32.3 Å². The largest absolute Gasteiger partial charge is 0.392 e. The van der Waals surface area contributed by atoms with Gasteiger partial charge < -0.3 is 10.4 Å². The summed E-state index contributed by atoms with van der Waals surface area (Å²) in [5.41, 5.74) is 2.10. The first-order chi connectivity index (χ1) is 6.88. The molecule has 1 unspecified atom stereocenters. The van der Waals surface area contributed by atoms with Crippen molar-refractivity contribution in [2.45, 2.75) is 19.1 Å². The number of aliphatic hydroxyl groups excluding tert-OH is 1. The van der Waals surface area contributed by atoms with Gasteiger partial charge in [-0.25, -0.2) is 0 Å². The Morgan fingerprint density at radius 2 is 2.43 bits per heavy atom. The molecule has 1 aliphatic rings. The Labute approximate surface area is 88.7 Å². The maximum absolute atomic E-state index is 8.99. The third kappa shape index (κ3) is 2.42. The summed E-state index contributed by atoms with van der Waals surface area (Å²) in [5.74, 6) is 2.46. The fourth-order valence-electron chi connectivity index (χ4n) is 1.64. The van der Waals surface area contributed by atoms with Crippen molar-refractivity contribution in [3.8, 4) is 0 Å². The highest BCUT2D eigenvalue weighted by Gasteiger charge is 2.14. The van der Waals surface area contributed by atoms with Crippen molar-refractivity contribution in [2.24, 2.45) is 0 Å². The lowest BCUT2D eigenvalue weighted by molar-refractivity contribution is 0.282. The van der Waals surface area contributed by atoms with E-state index in [1.54, 1.807) is 0 Å². The minimum atomic E-state index is 0.120. The molecule has 0 amide bonds. The minimum Gasteiger partial charge on any atom is -0.392 e. The molecule has 0 aliphatic carbocycles. The van der Waals surface area contributed by atoms with E-state index in [0.717, 1.165) is 11.3 Å². The van der Waals surface area contributed by atoms with Crippen molar-refractivity contribution in [1.82, 2.24) is 0 Å². The Morgan fingerprint density at radius 1 is 1.50 bits per heavy atom. The number of nitrogens with one attached hydrogen (secondary N) is 1. The zero-order valence-electron chi connectivity index (χ0n) is 8.07. The number of hydrogen-bond donors (Lipinski definition) is 2. The van der Waals surface area contributed by atoms with E-state index in [1.807, 2.05) is 30.0 Å². The normalized spacial score (nSPS) is 21.1. The molecule has 1 aromatic rings. The number of rotatable bonds is 3. The molecular weight excluding hydrogens is 194 g/mol. The van der Waals surface area contributed by atoms with E-state index in [-0.39, 0.29) is 6.61 Å². The molecule has 1 saturated heterocycles. The molecule has 2 nitrogen and oxygen atoms in total. The van der Waals surface area contributed by atoms with Crippen LogP contribution in [0.5, 0.6) is 0 Å². The Morgan fingerprint density at radius 3 is 3.14 bits per heavy atom. The molecule has 0 saturated carbocycles. The number of aliphatic hydroxyl groups is 1. The first-order valence-corrected chi connectivity index (χ1v) is 6.08. The van der Waals surface area contributed by atoms with Gasteiger partial charge in [-0.15, -0.1) is 0 Å².